The predicted molar refractivity (Wildman–Crippen MR) is 215 cm³/mol. The third-order valence-corrected chi connectivity index (χ3v) is 13.1. The summed E-state index contributed by atoms with van der Waals surface area (Å²) in [6.45, 7) is 11.7. The zero-order valence-corrected chi connectivity index (χ0v) is 33.3. The number of hydrogen-bond acceptors (Lipinski definition) is 9. The molecule has 55 heavy (non-hydrogen) atoms. The van der Waals surface area contributed by atoms with Gasteiger partial charge < -0.3 is 36.6 Å². The second kappa shape index (κ2) is 18.4. The van der Waals surface area contributed by atoms with E-state index in [1.165, 1.54) is 5.57 Å². The van der Waals surface area contributed by atoms with E-state index < -0.39 is 35.4 Å². The Morgan fingerprint density at radius 1 is 1.20 bits per heavy atom. The maximum atomic E-state index is 14.5. The normalized spacial score (nSPS) is 32.0. The lowest BCUT2D eigenvalue weighted by Crippen LogP contribution is -2.65. The number of ketones is 1. The lowest BCUT2D eigenvalue weighted by Gasteiger charge is -2.61. The Morgan fingerprint density at radius 2 is 1.96 bits per heavy atom. The Kier molecular flexibility index (Phi) is 14.3. The second-order valence-corrected chi connectivity index (χ2v) is 16.8. The van der Waals surface area contributed by atoms with E-state index in [1.54, 1.807) is 6.92 Å². The SMILES string of the molecule is C=C(C=CC=C(CO)[C@H]1C[C@@H]2CCC[C@]3(O)CCC(=C(C)C(=O)Cc4cccc5c4[C@@H](NC[C@H](C)O)C(=O)N[C@@H]5N)[C@@H](CCCO)[C@@]23[C@@H]1O)CCC=C(C)C. The van der Waals surface area contributed by atoms with Crippen LogP contribution >= 0.6 is 0 Å². The molecule has 0 saturated heterocycles. The summed E-state index contributed by atoms with van der Waals surface area (Å²) in [4.78, 5) is 27.6. The minimum Gasteiger partial charge on any atom is -0.396 e. The summed E-state index contributed by atoms with van der Waals surface area (Å²) in [5.74, 6) is -1.23. The van der Waals surface area contributed by atoms with Crippen LogP contribution in [0.25, 0.3) is 0 Å². The Bertz CT molecular complexity index is 1710. The molecule has 3 aliphatic carbocycles. The van der Waals surface area contributed by atoms with Crippen molar-refractivity contribution in [3.63, 3.8) is 0 Å². The molecule has 9 N–H and O–H groups in total. The molecule has 1 aromatic rings. The number of allylic oxidation sites excluding steroid dienone is 8. The molecule has 9 atom stereocenters. The monoisotopic (exact) mass is 759 g/mol. The molecule has 0 unspecified atom stereocenters. The minimum absolute atomic E-state index is 0.0212. The summed E-state index contributed by atoms with van der Waals surface area (Å²) >= 11 is 0. The number of aliphatic hydroxyl groups is 5. The van der Waals surface area contributed by atoms with Crippen molar-refractivity contribution >= 4 is 11.7 Å². The summed E-state index contributed by atoms with van der Waals surface area (Å²) in [7, 11) is 0. The number of benzene rings is 1. The van der Waals surface area contributed by atoms with Crippen molar-refractivity contribution in [1.82, 2.24) is 10.6 Å². The first kappa shape index (κ1) is 42.9. The van der Waals surface area contributed by atoms with Crippen molar-refractivity contribution in [2.45, 2.75) is 128 Å². The van der Waals surface area contributed by atoms with Gasteiger partial charge in [-0.05, 0) is 125 Å². The van der Waals surface area contributed by atoms with Gasteiger partial charge in [0.1, 0.15) is 12.2 Å². The van der Waals surface area contributed by atoms with Gasteiger partial charge in [-0.1, -0.05) is 72.2 Å². The third-order valence-electron chi connectivity index (χ3n) is 13.1. The van der Waals surface area contributed by atoms with Gasteiger partial charge in [0.25, 0.3) is 0 Å². The molecule has 1 amide bonds. The first-order valence-electron chi connectivity index (χ1n) is 20.3. The molecular weight excluding hydrogens is 695 g/mol. The molecule has 3 fully saturated rings. The largest absolute Gasteiger partial charge is 0.396 e. The standard InChI is InChI=1S/C45H65N3O7/c1-27(2)11-6-12-28(3)13-7-15-32(26-50)36-24-33-16-9-20-44(55)21-19-34(37(18-10-22-49)45(33,44)41(36)53)30(5)38(52)23-31-14-8-17-35-39(31)40(47-25-29(4)51)43(54)48-42(35)46/h7-8,11,13-15,17,29,33,36-37,40-42,47,49-51,53,55H,3,6,9-10,12,16,18-26,46H2,1-2,4-5H3,(H,48,54)/t29-,33-,36+,37+,40+,41+,42-,44-,45+/m0/s1. The summed E-state index contributed by atoms with van der Waals surface area (Å²) in [6.07, 6.45) is 11.9. The molecule has 1 spiro atoms. The summed E-state index contributed by atoms with van der Waals surface area (Å²) < 4.78 is 0. The van der Waals surface area contributed by atoms with Crippen LogP contribution in [0.4, 0.5) is 0 Å². The zero-order valence-electron chi connectivity index (χ0n) is 33.3. The number of Topliss-reactive ketones (excluding diaryl/α,β-unsaturated/α-hetero) is 1. The van der Waals surface area contributed by atoms with Crippen LogP contribution in [-0.4, -0.2) is 74.8 Å². The van der Waals surface area contributed by atoms with Gasteiger partial charge in [-0.15, -0.1) is 0 Å². The summed E-state index contributed by atoms with van der Waals surface area (Å²) in [5, 5.41) is 62.0. The van der Waals surface area contributed by atoms with E-state index in [9.17, 15) is 35.1 Å². The molecule has 5 rings (SSSR count). The Morgan fingerprint density at radius 3 is 2.65 bits per heavy atom. The molecule has 10 nitrogen and oxygen atoms in total. The van der Waals surface area contributed by atoms with Crippen molar-refractivity contribution < 1.29 is 35.1 Å². The van der Waals surface area contributed by atoms with Gasteiger partial charge >= 0.3 is 0 Å². The van der Waals surface area contributed by atoms with E-state index in [2.05, 4.69) is 37.1 Å². The molecule has 3 saturated carbocycles. The van der Waals surface area contributed by atoms with Crippen LogP contribution in [0.2, 0.25) is 0 Å². The minimum atomic E-state index is -1.17. The molecule has 0 radical (unpaired) electrons. The topological polar surface area (TPSA) is 185 Å². The lowest BCUT2D eigenvalue weighted by molar-refractivity contribution is -0.215. The van der Waals surface area contributed by atoms with Crippen LogP contribution in [0.15, 0.2) is 76.9 Å². The Hall–Kier alpha value is -3.22. The summed E-state index contributed by atoms with van der Waals surface area (Å²) in [6, 6.07) is 4.73. The van der Waals surface area contributed by atoms with Gasteiger partial charge in [0.15, 0.2) is 5.78 Å². The van der Waals surface area contributed by atoms with Gasteiger partial charge in [-0.25, -0.2) is 0 Å². The molecule has 0 aromatic heterocycles. The van der Waals surface area contributed by atoms with Crippen molar-refractivity contribution in [2.24, 2.45) is 28.9 Å². The van der Waals surface area contributed by atoms with E-state index >= 15 is 0 Å². The lowest BCUT2D eigenvalue weighted by atomic mass is 9.45. The zero-order chi connectivity index (χ0) is 40.1. The fourth-order valence-corrected chi connectivity index (χ4v) is 10.6. The van der Waals surface area contributed by atoms with Crippen LogP contribution in [-0.2, 0) is 16.0 Å². The Balaban J connectivity index is 1.50. The number of rotatable bonds is 16. The fourth-order valence-electron chi connectivity index (χ4n) is 10.6. The average Bonchev–Trinajstić information content (AvgIpc) is 3.43. The fraction of sp³-hybridized carbons (Fsp3) is 0.600. The third kappa shape index (κ3) is 8.71. The highest BCUT2D eigenvalue weighted by atomic mass is 16.3. The number of carbonyl (C=O) groups excluding carboxylic acids is 2. The number of aliphatic hydroxyl groups excluding tert-OH is 4. The maximum Gasteiger partial charge on any atom is 0.243 e. The molecule has 1 aliphatic heterocycles. The quantitative estimate of drug-likeness (QED) is 0.0648. The summed E-state index contributed by atoms with van der Waals surface area (Å²) in [5.41, 5.74) is 10.7. The van der Waals surface area contributed by atoms with E-state index in [4.69, 9.17) is 5.73 Å². The Labute approximate surface area is 327 Å². The van der Waals surface area contributed by atoms with E-state index in [1.807, 2.05) is 43.4 Å². The predicted octanol–water partition coefficient (Wildman–Crippen LogP) is 5.07. The van der Waals surface area contributed by atoms with Gasteiger partial charge in [-0.3, -0.25) is 14.9 Å². The smallest absolute Gasteiger partial charge is 0.243 e. The molecule has 4 aliphatic rings. The van der Waals surface area contributed by atoms with Crippen LogP contribution in [0.1, 0.15) is 121 Å². The first-order chi connectivity index (χ1) is 26.2. The number of amides is 1. The highest BCUT2D eigenvalue weighted by Gasteiger charge is 2.70. The van der Waals surface area contributed by atoms with E-state index in [0.717, 1.165) is 36.8 Å². The molecule has 1 heterocycles. The van der Waals surface area contributed by atoms with Crippen LogP contribution < -0.4 is 16.4 Å². The van der Waals surface area contributed by atoms with Crippen LogP contribution in [0.3, 0.4) is 0 Å². The molecular formula is C45H65N3O7. The van der Waals surface area contributed by atoms with E-state index in [0.29, 0.717) is 66.4 Å². The number of nitrogens with one attached hydrogen (secondary N) is 2. The van der Waals surface area contributed by atoms with Gasteiger partial charge in [0, 0.05) is 30.9 Å². The molecule has 1 aromatic carbocycles. The molecule has 302 valence electrons. The van der Waals surface area contributed by atoms with Crippen molar-refractivity contribution in [2.75, 3.05) is 19.8 Å². The number of hydrogen-bond donors (Lipinski definition) is 8. The average molecular weight is 760 g/mol. The number of nitrogens with two attached hydrogens (primary N) is 1. The molecule has 10 heteroatoms. The highest BCUT2D eigenvalue weighted by Crippen LogP contribution is 2.69. The van der Waals surface area contributed by atoms with Crippen LogP contribution in [0, 0.1) is 23.2 Å². The van der Waals surface area contributed by atoms with Crippen molar-refractivity contribution in [3.8, 4) is 0 Å². The van der Waals surface area contributed by atoms with E-state index in [-0.39, 0.29) is 55.6 Å². The number of carbonyl (C=O) groups is 2. The molecule has 0 bridgehead atoms. The second-order valence-electron chi connectivity index (χ2n) is 16.8. The van der Waals surface area contributed by atoms with Gasteiger partial charge in [0.05, 0.1) is 24.4 Å². The number of fused-ring (bicyclic) bond motifs is 1. The van der Waals surface area contributed by atoms with Gasteiger partial charge in [0.2, 0.25) is 5.91 Å². The van der Waals surface area contributed by atoms with Crippen molar-refractivity contribution in [3.05, 3.63) is 93.6 Å². The van der Waals surface area contributed by atoms with Crippen molar-refractivity contribution in [1.29, 1.82) is 0 Å². The van der Waals surface area contributed by atoms with Crippen LogP contribution in [0.5, 0.6) is 0 Å². The first-order valence-corrected chi connectivity index (χ1v) is 20.3. The maximum absolute atomic E-state index is 14.5. The van der Waals surface area contributed by atoms with Gasteiger partial charge in [-0.2, -0.15) is 0 Å². The highest BCUT2D eigenvalue weighted by molar-refractivity contribution is 5.98.